The fourth-order valence-electron chi connectivity index (χ4n) is 3.19. The molecule has 4 rings (SSSR count). The van der Waals surface area contributed by atoms with Crippen molar-refractivity contribution in [3.8, 4) is 0 Å². The van der Waals surface area contributed by atoms with Crippen LogP contribution < -0.4 is 4.90 Å². The molecule has 3 aromatic rings. The van der Waals surface area contributed by atoms with E-state index in [0.717, 1.165) is 45.1 Å². The van der Waals surface area contributed by atoms with Crippen LogP contribution in [0, 0.1) is 0 Å². The summed E-state index contributed by atoms with van der Waals surface area (Å²) < 4.78 is 65.5. The Kier molecular flexibility index (Phi) is 11.2. The van der Waals surface area contributed by atoms with E-state index in [-0.39, 0.29) is 0 Å². The summed E-state index contributed by atoms with van der Waals surface area (Å²) in [6.45, 7) is 5.79. The average molecular weight is 562 g/mol. The number of carbonyl (C=O) groups is 2. The van der Waals surface area contributed by atoms with Crippen molar-refractivity contribution >= 4 is 17.8 Å². The van der Waals surface area contributed by atoms with Gasteiger partial charge in [-0.25, -0.2) is 14.6 Å². The minimum Gasteiger partial charge on any atom is -0.475 e. The van der Waals surface area contributed by atoms with E-state index in [9.17, 15) is 26.3 Å². The van der Waals surface area contributed by atoms with E-state index in [1.165, 1.54) is 11.1 Å². The van der Waals surface area contributed by atoms with E-state index in [1.54, 1.807) is 12.4 Å². The zero-order valence-electron chi connectivity index (χ0n) is 20.2. The molecular formula is C23H24F6N6O4. The van der Waals surface area contributed by atoms with E-state index in [4.69, 9.17) is 19.8 Å². The second-order valence-corrected chi connectivity index (χ2v) is 7.96. The average Bonchev–Trinajstić information content (AvgIpc) is 3.32. The molecule has 2 aromatic heterocycles. The van der Waals surface area contributed by atoms with Gasteiger partial charge in [-0.1, -0.05) is 30.3 Å². The van der Waals surface area contributed by atoms with Crippen molar-refractivity contribution in [2.75, 3.05) is 31.1 Å². The zero-order chi connectivity index (χ0) is 29.1. The van der Waals surface area contributed by atoms with Gasteiger partial charge in [-0.2, -0.15) is 31.4 Å². The number of nitrogens with zero attached hydrogens (tertiary/aromatic N) is 6. The Hall–Kier alpha value is -4.21. The Morgan fingerprint density at radius 3 is 1.85 bits per heavy atom. The summed E-state index contributed by atoms with van der Waals surface area (Å²) in [6, 6.07) is 10.4. The molecule has 0 radical (unpaired) electrons. The van der Waals surface area contributed by atoms with Crippen molar-refractivity contribution in [3.05, 3.63) is 72.4 Å². The molecule has 0 unspecified atom stereocenters. The molecule has 212 valence electrons. The van der Waals surface area contributed by atoms with Gasteiger partial charge in [-0.15, -0.1) is 0 Å². The highest BCUT2D eigenvalue weighted by Crippen LogP contribution is 2.15. The summed E-state index contributed by atoms with van der Waals surface area (Å²) in [6.07, 6.45) is -0.723. The van der Waals surface area contributed by atoms with Crippen LogP contribution >= 0.6 is 0 Å². The number of piperazine rings is 1. The minimum atomic E-state index is -5.08. The largest absolute Gasteiger partial charge is 0.490 e. The van der Waals surface area contributed by atoms with Gasteiger partial charge in [0.05, 0.1) is 18.9 Å². The van der Waals surface area contributed by atoms with Crippen LogP contribution in [0.15, 0.2) is 61.3 Å². The van der Waals surface area contributed by atoms with E-state index < -0.39 is 24.3 Å². The summed E-state index contributed by atoms with van der Waals surface area (Å²) >= 11 is 0. The van der Waals surface area contributed by atoms with E-state index in [1.807, 2.05) is 23.1 Å². The molecule has 0 spiro atoms. The highest BCUT2D eigenvalue weighted by atomic mass is 19.4. The number of anilines is 1. The first-order chi connectivity index (χ1) is 18.3. The van der Waals surface area contributed by atoms with Gasteiger partial charge in [0.15, 0.2) is 0 Å². The summed E-state index contributed by atoms with van der Waals surface area (Å²) in [5, 5.41) is 18.8. The lowest BCUT2D eigenvalue weighted by atomic mass is 10.2. The molecule has 0 bridgehead atoms. The Bertz CT molecular complexity index is 1140. The summed E-state index contributed by atoms with van der Waals surface area (Å²) in [5.41, 5.74) is 2.54. The van der Waals surface area contributed by atoms with Gasteiger partial charge in [-0.05, 0) is 5.56 Å². The molecule has 0 aliphatic carbocycles. The van der Waals surface area contributed by atoms with Crippen molar-refractivity contribution in [2.45, 2.75) is 25.4 Å². The third kappa shape index (κ3) is 11.4. The topological polar surface area (TPSA) is 125 Å². The molecule has 16 heteroatoms. The molecular weight excluding hydrogens is 538 g/mol. The number of carboxylic acid groups (broad SMARTS) is 2. The zero-order valence-corrected chi connectivity index (χ0v) is 20.2. The number of halogens is 6. The Morgan fingerprint density at radius 1 is 0.795 bits per heavy atom. The van der Waals surface area contributed by atoms with Gasteiger partial charge < -0.3 is 15.1 Å². The number of hydrogen-bond acceptors (Lipinski definition) is 7. The van der Waals surface area contributed by atoms with Gasteiger partial charge in [-0.3, -0.25) is 14.6 Å². The van der Waals surface area contributed by atoms with E-state index in [0.29, 0.717) is 0 Å². The molecule has 1 aliphatic rings. The van der Waals surface area contributed by atoms with E-state index >= 15 is 0 Å². The number of rotatable bonds is 5. The van der Waals surface area contributed by atoms with Gasteiger partial charge in [0.2, 0.25) is 0 Å². The predicted octanol–water partition coefficient (Wildman–Crippen LogP) is 3.31. The molecule has 0 amide bonds. The first-order valence-electron chi connectivity index (χ1n) is 11.1. The number of alkyl halides is 6. The van der Waals surface area contributed by atoms with Crippen LogP contribution in [0.3, 0.4) is 0 Å². The summed E-state index contributed by atoms with van der Waals surface area (Å²) in [4.78, 5) is 31.1. The third-order valence-corrected chi connectivity index (χ3v) is 5.01. The maximum absolute atomic E-state index is 10.6. The Balaban J connectivity index is 0.000000317. The first kappa shape index (κ1) is 31.0. The molecule has 1 fully saturated rings. The fraction of sp³-hybridized carbons (Fsp3) is 0.348. The second-order valence-electron chi connectivity index (χ2n) is 7.96. The maximum atomic E-state index is 10.6. The Labute approximate surface area is 218 Å². The van der Waals surface area contributed by atoms with Gasteiger partial charge in [0.1, 0.15) is 5.82 Å². The molecule has 1 saturated heterocycles. The smallest absolute Gasteiger partial charge is 0.475 e. The quantitative estimate of drug-likeness (QED) is 0.451. The minimum absolute atomic E-state index is 0.821. The monoisotopic (exact) mass is 562 g/mol. The highest BCUT2D eigenvalue weighted by molar-refractivity contribution is 5.73. The molecule has 10 nitrogen and oxygen atoms in total. The highest BCUT2D eigenvalue weighted by Gasteiger charge is 2.38. The van der Waals surface area contributed by atoms with Gasteiger partial charge in [0.25, 0.3) is 0 Å². The van der Waals surface area contributed by atoms with Gasteiger partial charge >= 0.3 is 24.3 Å². The maximum Gasteiger partial charge on any atom is 0.490 e. The number of aliphatic carboxylic acids is 2. The molecule has 1 aromatic carbocycles. The molecule has 2 N–H and O–H groups in total. The van der Waals surface area contributed by atoms with E-state index in [2.05, 4.69) is 55.3 Å². The van der Waals surface area contributed by atoms with Crippen molar-refractivity contribution in [3.63, 3.8) is 0 Å². The number of hydrogen-bond donors (Lipinski definition) is 2. The van der Waals surface area contributed by atoms with Crippen LogP contribution in [0.2, 0.25) is 0 Å². The van der Waals surface area contributed by atoms with Crippen LogP contribution in [0.1, 0.15) is 11.1 Å². The molecule has 0 atom stereocenters. The number of carboxylic acids is 2. The second kappa shape index (κ2) is 14.1. The van der Waals surface area contributed by atoms with Crippen molar-refractivity contribution in [2.24, 2.45) is 0 Å². The van der Waals surface area contributed by atoms with Gasteiger partial charge in [0, 0.05) is 56.9 Å². The molecule has 1 aliphatic heterocycles. The van der Waals surface area contributed by atoms with Crippen molar-refractivity contribution in [1.29, 1.82) is 0 Å². The van der Waals surface area contributed by atoms with Crippen LogP contribution in [-0.4, -0.2) is 85.3 Å². The normalized spacial score (nSPS) is 13.9. The standard InChI is InChI=1S/C19H22N6.2C2HF3O2/c1-2-4-17(5-3-1)15-25-16-18(12-22-25)14-23-8-10-24(11-9-23)19-13-20-6-7-21-19;2*3-2(4,5)1(6)7/h1-7,12-13,16H,8-11,14-15H2;2*(H,6,7). The van der Waals surface area contributed by atoms with Crippen LogP contribution in [-0.2, 0) is 22.7 Å². The van der Waals surface area contributed by atoms with Crippen molar-refractivity contribution in [1.82, 2.24) is 24.6 Å². The predicted molar refractivity (Wildman–Crippen MR) is 125 cm³/mol. The number of benzene rings is 1. The summed E-state index contributed by atoms with van der Waals surface area (Å²) in [5.74, 6) is -4.54. The molecule has 39 heavy (non-hydrogen) atoms. The Morgan fingerprint density at radius 2 is 1.36 bits per heavy atom. The number of aromatic nitrogens is 4. The lowest BCUT2D eigenvalue weighted by Crippen LogP contribution is -2.46. The van der Waals surface area contributed by atoms with Crippen LogP contribution in [0.25, 0.3) is 0 Å². The summed E-state index contributed by atoms with van der Waals surface area (Å²) in [7, 11) is 0. The SMILES string of the molecule is O=C(O)C(F)(F)F.O=C(O)C(F)(F)F.c1ccc(Cn2cc(CN3CCN(c4cnccn4)CC3)cn2)cc1. The first-order valence-corrected chi connectivity index (χ1v) is 11.1. The van der Waals surface area contributed by atoms with Crippen LogP contribution in [0.4, 0.5) is 32.2 Å². The molecule has 0 saturated carbocycles. The lowest BCUT2D eigenvalue weighted by Gasteiger charge is -2.34. The fourth-order valence-corrected chi connectivity index (χ4v) is 3.19. The van der Waals surface area contributed by atoms with Crippen molar-refractivity contribution < 1.29 is 46.1 Å². The third-order valence-electron chi connectivity index (χ3n) is 5.01. The van der Waals surface area contributed by atoms with Crippen LogP contribution in [0.5, 0.6) is 0 Å². The lowest BCUT2D eigenvalue weighted by molar-refractivity contribution is -0.193. The molecule has 3 heterocycles.